The van der Waals surface area contributed by atoms with Crippen molar-refractivity contribution in [3.63, 3.8) is 0 Å². The van der Waals surface area contributed by atoms with Gasteiger partial charge in [-0.05, 0) is 41.9 Å². The monoisotopic (exact) mass is 590 g/mol. The topological polar surface area (TPSA) is 128 Å². The number of nitrogens with zero attached hydrogens (tertiary/aromatic N) is 2. The number of rotatable bonds is 14. The summed E-state index contributed by atoms with van der Waals surface area (Å²) in [6, 6.07) is 15.6. The number of hydrogen-bond donors (Lipinski definition) is 3. The smallest absolute Gasteiger partial charge is 0.390 e. The molecule has 2 aromatic carbocycles. The van der Waals surface area contributed by atoms with E-state index in [9.17, 15) is 23.1 Å². The highest BCUT2D eigenvalue weighted by atomic mass is 32.2. The van der Waals surface area contributed by atoms with E-state index < -0.39 is 45.6 Å². The average molecular weight is 591 g/mol. The summed E-state index contributed by atoms with van der Waals surface area (Å²) in [5.74, 6) is -0.284. The van der Waals surface area contributed by atoms with Crippen molar-refractivity contribution >= 4 is 22.0 Å². The summed E-state index contributed by atoms with van der Waals surface area (Å²) in [4.78, 5) is 31.1. The van der Waals surface area contributed by atoms with Gasteiger partial charge < -0.3 is 20.6 Å². The lowest BCUT2D eigenvalue weighted by molar-refractivity contribution is -0.127. The maximum Gasteiger partial charge on any atom is 0.426 e. The zero-order valence-electron chi connectivity index (χ0n) is 25.2. The number of hydrogen-bond acceptors (Lipinski definition) is 7. The molecule has 0 unspecified atom stereocenters. The van der Waals surface area contributed by atoms with Crippen LogP contribution in [0.2, 0.25) is 0 Å². The first-order valence-corrected chi connectivity index (χ1v) is 15.3. The van der Waals surface area contributed by atoms with Crippen molar-refractivity contribution in [1.29, 1.82) is 0 Å². The van der Waals surface area contributed by atoms with Gasteiger partial charge in [0.1, 0.15) is 6.04 Å². The molecule has 0 saturated heterocycles. The Morgan fingerprint density at radius 1 is 0.951 bits per heavy atom. The fraction of sp³-hybridized carbons (Fsp3) is 0.533. The Labute approximate surface area is 245 Å². The van der Waals surface area contributed by atoms with Crippen LogP contribution in [0.3, 0.4) is 0 Å². The predicted molar refractivity (Wildman–Crippen MR) is 159 cm³/mol. The molecule has 0 fully saturated rings. The van der Waals surface area contributed by atoms with Gasteiger partial charge in [0.05, 0.1) is 17.0 Å². The van der Waals surface area contributed by atoms with E-state index in [4.69, 9.17) is 4.84 Å². The molecular weight excluding hydrogens is 544 g/mol. The lowest BCUT2D eigenvalue weighted by Crippen LogP contribution is -2.59. The van der Waals surface area contributed by atoms with Crippen molar-refractivity contribution < 1.29 is 28.0 Å². The lowest BCUT2D eigenvalue weighted by Gasteiger charge is -2.34. The highest BCUT2D eigenvalue weighted by Gasteiger charge is 2.37. The molecule has 0 bridgehead atoms. The van der Waals surface area contributed by atoms with E-state index in [1.165, 1.54) is 21.5 Å². The van der Waals surface area contributed by atoms with Crippen molar-refractivity contribution in [2.24, 2.45) is 11.3 Å². The van der Waals surface area contributed by atoms with Gasteiger partial charge in [-0.15, -0.1) is 5.06 Å². The Morgan fingerprint density at radius 3 is 2.02 bits per heavy atom. The Kier molecular flexibility index (Phi) is 12.8. The second-order valence-corrected chi connectivity index (χ2v) is 13.8. The average Bonchev–Trinajstić information content (AvgIpc) is 2.89. The van der Waals surface area contributed by atoms with Crippen molar-refractivity contribution in [1.82, 2.24) is 20.0 Å². The van der Waals surface area contributed by atoms with E-state index in [1.54, 1.807) is 53.1 Å². The van der Waals surface area contributed by atoms with Crippen LogP contribution in [0.5, 0.6) is 0 Å². The van der Waals surface area contributed by atoms with Crippen LogP contribution in [-0.2, 0) is 26.1 Å². The molecule has 0 heterocycles. The number of nitrogens with one attached hydrogen (secondary N) is 2. The van der Waals surface area contributed by atoms with E-state index in [0.717, 1.165) is 5.56 Å². The molecule has 2 aromatic rings. The molecule has 11 heteroatoms. The van der Waals surface area contributed by atoms with Crippen molar-refractivity contribution in [3.05, 3.63) is 66.2 Å². The van der Waals surface area contributed by atoms with Crippen LogP contribution < -0.4 is 10.6 Å². The fourth-order valence-corrected chi connectivity index (χ4v) is 5.69. The van der Waals surface area contributed by atoms with Crippen LogP contribution in [0.15, 0.2) is 65.6 Å². The molecule has 10 nitrogen and oxygen atoms in total. The van der Waals surface area contributed by atoms with Gasteiger partial charge in [0.2, 0.25) is 15.9 Å². The summed E-state index contributed by atoms with van der Waals surface area (Å²) in [7, 11) is -0.815. The molecule has 0 aliphatic heterocycles. The maximum absolute atomic E-state index is 13.6. The first-order valence-electron chi connectivity index (χ1n) is 13.8. The number of sulfonamides is 1. The minimum absolute atomic E-state index is 0.135. The number of aliphatic hydroxyl groups is 1. The van der Waals surface area contributed by atoms with Gasteiger partial charge in [-0.1, -0.05) is 83.1 Å². The SMILES string of the molecule is CC(C)CCN(C[C@@H](O)[C@H](Cc1ccccc1)NC(=O)[C@@H](NC(=O)ON(C)C)C(C)(C)C)S(=O)(=O)c1ccccc1. The standard InChI is InChI=1S/C30H46N4O6S/c1-22(2)18-19-34(41(38,39)24-16-12-9-13-17-24)21-26(35)25(20-23-14-10-8-11-15-23)31-28(36)27(30(3,4)5)32-29(37)40-33(6)7/h8-17,22,25-27,35H,18-21H2,1-7H3,(H,31,36)(H,32,37)/t25-,26+,27+/m0/s1. The summed E-state index contributed by atoms with van der Waals surface area (Å²) < 4.78 is 28.5. The minimum Gasteiger partial charge on any atom is -0.390 e. The third-order valence-corrected chi connectivity index (χ3v) is 8.35. The molecule has 0 aromatic heterocycles. The molecule has 2 amide bonds. The van der Waals surface area contributed by atoms with E-state index in [1.807, 2.05) is 44.2 Å². The number of amides is 2. The molecule has 3 atom stereocenters. The number of aliphatic hydroxyl groups excluding tert-OH is 1. The van der Waals surface area contributed by atoms with Gasteiger partial charge in [0.25, 0.3) is 0 Å². The number of carbonyl (C=O) groups is 2. The molecule has 0 aliphatic carbocycles. The highest BCUT2D eigenvalue weighted by molar-refractivity contribution is 7.89. The summed E-state index contributed by atoms with van der Waals surface area (Å²) >= 11 is 0. The number of carbonyl (C=O) groups excluding carboxylic acids is 2. The van der Waals surface area contributed by atoms with E-state index in [2.05, 4.69) is 10.6 Å². The normalized spacial score (nSPS) is 14.5. The molecule has 0 aliphatic rings. The zero-order valence-corrected chi connectivity index (χ0v) is 26.0. The lowest BCUT2D eigenvalue weighted by atomic mass is 9.85. The number of hydroxylamine groups is 2. The van der Waals surface area contributed by atoms with Crippen LogP contribution in [0, 0.1) is 11.3 Å². The molecule has 0 spiro atoms. The molecule has 0 radical (unpaired) electrons. The van der Waals surface area contributed by atoms with Crippen molar-refractivity contribution in [2.75, 3.05) is 27.2 Å². The quantitative estimate of drug-likeness (QED) is 0.288. The van der Waals surface area contributed by atoms with E-state index in [0.29, 0.717) is 6.42 Å². The molecule has 0 saturated carbocycles. The predicted octanol–water partition coefficient (Wildman–Crippen LogP) is 3.43. The largest absolute Gasteiger partial charge is 0.426 e. The Balaban J connectivity index is 2.38. The van der Waals surface area contributed by atoms with Gasteiger partial charge in [-0.25, -0.2) is 13.2 Å². The van der Waals surface area contributed by atoms with E-state index >= 15 is 0 Å². The maximum atomic E-state index is 13.6. The van der Waals surface area contributed by atoms with Gasteiger partial charge in [-0.3, -0.25) is 4.79 Å². The molecule has 2 rings (SSSR count). The first-order chi connectivity index (χ1) is 19.1. The molecule has 3 N–H and O–H groups in total. The molecular formula is C30H46N4O6S. The molecule has 41 heavy (non-hydrogen) atoms. The van der Waals surface area contributed by atoms with Crippen molar-refractivity contribution in [2.45, 2.75) is 70.5 Å². The summed E-state index contributed by atoms with van der Waals surface area (Å²) in [5, 5.41) is 18.2. The van der Waals surface area contributed by atoms with E-state index in [-0.39, 0.29) is 30.3 Å². The minimum atomic E-state index is -3.91. The van der Waals surface area contributed by atoms with Crippen LogP contribution in [0.1, 0.15) is 46.6 Å². The zero-order chi connectivity index (χ0) is 30.8. The Bertz CT molecular complexity index is 1200. The third-order valence-electron chi connectivity index (χ3n) is 6.47. The van der Waals surface area contributed by atoms with Crippen LogP contribution in [-0.4, -0.2) is 80.3 Å². The summed E-state index contributed by atoms with van der Waals surface area (Å²) in [6.07, 6.45) is -1.20. The van der Waals surface area contributed by atoms with Gasteiger partial charge >= 0.3 is 6.09 Å². The van der Waals surface area contributed by atoms with Gasteiger partial charge in [0.15, 0.2) is 0 Å². The van der Waals surface area contributed by atoms with Gasteiger partial charge in [0, 0.05) is 27.2 Å². The summed E-state index contributed by atoms with van der Waals surface area (Å²) in [6.45, 7) is 9.40. The highest BCUT2D eigenvalue weighted by Crippen LogP contribution is 2.22. The second-order valence-electron chi connectivity index (χ2n) is 11.9. The Morgan fingerprint density at radius 2 is 1.51 bits per heavy atom. The van der Waals surface area contributed by atoms with Crippen LogP contribution in [0.4, 0.5) is 4.79 Å². The van der Waals surface area contributed by atoms with Crippen LogP contribution in [0.25, 0.3) is 0 Å². The van der Waals surface area contributed by atoms with Crippen LogP contribution >= 0.6 is 0 Å². The fourth-order valence-electron chi connectivity index (χ4n) is 4.19. The number of benzene rings is 2. The third kappa shape index (κ3) is 11.1. The first kappa shape index (κ1) is 34.2. The summed E-state index contributed by atoms with van der Waals surface area (Å²) in [5.41, 5.74) is 0.154. The Hall–Kier alpha value is -2.99. The van der Waals surface area contributed by atoms with Gasteiger partial charge in [-0.2, -0.15) is 4.31 Å². The second kappa shape index (κ2) is 15.3. The molecule has 228 valence electrons. The van der Waals surface area contributed by atoms with Crippen molar-refractivity contribution in [3.8, 4) is 0 Å².